The van der Waals surface area contributed by atoms with Crippen LogP contribution in [0.15, 0.2) is 42.5 Å². The molecule has 0 saturated heterocycles. The van der Waals surface area contributed by atoms with E-state index in [0.717, 1.165) is 37.7 Å². The van der Waals surface area contributed by atoms with E-state index in [9.17, 15) is 14.9 Å². The smallest absolute Gasteiger partial charge is 0.341 e. The van der Waals surface area contributed by atoms with Gasteiger partial charge in [0.2, 0.25) is 0 Å². The number of rotatable bonds is 7. The predicted molar refractivity (Wildman–Crippen MR) is 151 cm³/mol. The number of nitro groups is 1. The first-order valence-corrected chi connectivity index (χ1v) is 13.6. The standard InChI is InChI=1S/C26H26ClN3O5S2/c1-2-34-25(31)23-21-7-5-3-4-6-8-22(21)37-24(23)29-26(36)28-17-13-18(30(32)33)15-20(14-17)35-19-11-9-16(27)10-12-19/h9-15H,2-8H2,1H3,(H2,28,29,36). The van der Waals surface area contributed by atoms with Crippen molar-refractivity contribution in [2.75, 3.05) is 17.2 Å². The second kappa shape index (κ2) is 12.4. The lowest BCUT2D eigenvalue weighted by Gasteiger charge is -2.13. The molecule has 3 aromatic rings. The fourth-order valence-electron chi connectivity index (χ4n) is 4.15. The number of carbonyl (C=O) groups excluding carboxylic acids is 1. The Bertz CT molecular complexity index is 1310. The van der Waals surface area contributed by atoms with Gasteiger partial charge in [0.1, 0.15) is 16.5 Å². The van der Waals surface area contributed by atoms with Gasteiger partial charge in [-0.05, 0) is 74.7 Å². The molecule has 2 aromatic carbocycles. The molecule has 0 spiro atoms. The van der Waals surface area contributed by atoms with E-state index in [-0.39, 0.29) is 29.1 Å². The summed E-state index contributed by atoms with van der Waals surface area (Å²) in [5.74, 6) is 0.361. The monoisotopic (exact) mass is 559 g/mol. The number of hydrogen-bond acceptors (Lipinski definition) is 7. The largest absolute Gasteiger partial charge is 0.462 e. The summed E-state index contributed by atoms with van der Waals surface area (Å²) in [5.41, 5.74) is 1.76. The Morgan fingerprint density at radius 3 is 2.51 bits per heavy atom. The first kappa shape index (κ1) is 26.8. The van der Waals surface area contributed by atoms with Gasteiger partial charge in [-0.25, -0.2) is 4.79 Å². The zero-order valence-corrected chi connectivity index (χ0v) is 22.6. The van der Waals surface area contributed by atoms with Crippen LogP contribution in [0.3, 0.4) is 0 Å². The van der Waals surface area contributed by atoms with E-state index in [4.69, 9.17) is 33.3 Å². The Hall–Kier alpha value is -3.21. The Kier molecular flexibility index (Phi) is 8.96. The minimum Gasteiger partial charge on any atom is -0.462 e. The van der Waals surface area contributed by atoms with E-state index in [1.54, 1.807) is 37.3 Å². The highest BCUT2D eigenvalue weighted by atomic mass is 35.5. The van der Waals surface area contributed by atoms with E-state index < -0.39 is 4.92 Å². The van der Waals surface area contributed by atoms with E-state index in [1.165, 1.54) is 34.8 Å². The maximum Gasteiger partial charge on any atom is 0.341 e. The molecule has 37 heavy (non-hydrogen) atoms. The molecule has 0 saturated carbocycles. The third-order valence-electron chi connectivity index (χ3n) is 5.79. The number of benzene rings is 2. The molecule has 0 unspecified atom stereocenters. The molecular formula is C26H26ClN3O5S2. The number of anilines is 2. The summed E-state index contributed by atoms with van der Waals surface area (Å²) >= 11 is 13.0. The number of halogens is 1. The predicted octanol–water partition coefficient (Wildman–Crippen LogP) is 7.75. The lowest BCUT2D eigenvalue weighted by atomic mass is 9.96. The van der Waals surface area contributed by atoms with Crippen LogP contribution in [-0.2, 0) is 17.6 Å². The molecule has 1 heterocycles. The number of nitro benzene ring substituents is 1. The van der Waals surface area contributed by atoms with Crippen molar-refractivity contribution in [3.8, 4) is 11.5 Å². The first-order chi connectivity index (χ1) is 17.8. The lowest BCUT2D eigenvalue weighted by Crippen LogP contribution is -2.20. The molecule has 0 bridgehead atoms. The highest BCUT2D eigenvalue weighted by Gasteiger charge is 2.26. The van der Waals surface area contributed by atoms with Gasteiger partial charge in [0.15, 0.2) is 5.11 Å². The SMILES string of the molecule is CCOC(=O)c1c(NC(=S)Nc2cc(Oc3ccc(Cl)cc3)cc([N+](=O)[O-])c2)sc2c1CCCCCC2. The summed E-state index contributed by atoms with van der Waals surface area (Å²) in [5, 5.41) is 19.0. The summed E-state index contributed by atoms with van der Waals surface area (Å²) in [7, 11) is 0. The summed E-state index contributed by atoms with van der Waals surface area (Å²) in [6, 6.07) is 11.0. The zero-order chi connectivity index (χ0) is 26.4. The molecule has 1 aliphatic rings. The summed E-state index contributed by atoms with van der Waals surface area (Å²) in [6.07, 6.45) is 6.11. The number of aryl methyl sites for hydroxylation is 1. The van der Waals surface area contributed by atoms with Crippen LogP contribution in [0.4, 0.5) is 16.4 Å². The Morgan fingerprint density at radius 2 is 1.81 bits per heavy atom. The van der Waals surface area contributed by atoms with Crippen molar-refractivity contribution >= 4 is 62.6 Å². The highest BCUT2D eigenvalue weighted by Crippen LogP contribution is 2.38. The van der Waals surface area contributed by atoms with Crippen molar-refractivity contribution in [2.24, 2.45) is 0 Å². The molecule has 194 valence electrons. The molecule has 2 N–H and O–H groups in total. The van der Waals surface area contributed by atoms with Crippen molar-refractivity contribution < 1.29 is 19.2 Å². The molecule has 0 radical (unpaired) electrons. The van der Waals surface area contributed by atoms with Gasteiger partial charge >= 0.3 is 5.97 Å². The van der Waals surface area contributed by atoms with E-state index >= 15 is 0 Å². The van der Waals surface area contributed by atoms with Crippen molar-refractivity contribution in [1.29, 1.82) is 0 Å². The van der Waals surface area contributed by atoms with Gasteiger partial charge in [0, 0.05) is 22.0 Å². The molecule has 0 fully saturated rings. The van der Waals surface area contributed by atoms with Gasteiger partial charge in [0.25, 0.3) is 5.69 Å². The van der Waals surface area contributed by atoms with Gasteiger partial charge in [-0.3, -0.25) is 10.1 Å². The number of fused-ring (bicyclic) bond motifs is 1. The second-order valence-corrected chi connectivity index (χ2v) is 10.4. The third-order valence-corrected chi connectivity index (χ3v) is 7.45. The Balaban J connectivity index is 1.58. The summed E-state index contributed by atoms with van der Waals surface area (Å²) in [4.78, 5) is 25.1. The van der Waals surface area contributed by atoms with Crippen LogP contribution in [0, 0.1) is 10.1 Å². The van der Waals surface area contributed by atoms with Crippen LogP contribution >= 0.6 is 35.2 Å². The molecule has 4 rings (SSSR count). The van der Waals surface area contributed by atoms with Gasteiger partial charge in [-0.1, -0.05) is 24.4 Å². The number of non-ortho nitro benzene ring substituents is 1. The number of esters is 1. The number of hydrogen-bond donors (Lipinski definition) is 2. The van der Waals surface area contributed by atoms with Crippen molar-refractivity contribution in [1.82, 2.24) is 0 Å². The van der Waals surface area contributed by atoms with E-state index in [1.807, 2.05) is 0 Å². The molecule has 11 heteroatoms. The molecule has 1 aliphatic carbocycles. The second-order valence-electron chi connectivity index (χ2n) is 8.45. The number of nitrogens with one attached hydrogen (secondary N) is 2. The zero-order valence-electron chi connectivity index (χ0n) is 20.2. The van der Waals surface area contributed by atoms with Gasteiger partial charge < -0.3 is 20.1 Å². The van der Waals surface area contributed by atoms with Gasteiger partial charge in [-0.15, -0.1) is 11.3 Å². The quantitative estimate of drug-likeness (QED) is 0.131. The normalized spacial score (nSPS) is 13.0. The maximum absolute atomic E-state index is 12.9. The Labute approximate surface area is 229 Å². The highest BCUT2D eigenvalue weighted by molar-refractivity contribution is 7.80. The minimum absolute atomic E-state index is 0.164. The van der Waals surface area contributed by atoms with Crippen LogP contribution < -0.4 is 15.4 Å². The van der Waals surface area contributed by atoms with Gasteiger partial charge in [-0.2, -0.15) is 0 Å². The van der Waals surface area contributed by atoms with E-state index in [0.29, 0.717) is 27.0 Å². The van der Waals surface area contributed by atoms with Crippen molar-refractivity contribution in [2.45, 2.75) is 45.4 Å². The number of nitrogens with zero attached hydrogens (tertiary/aromatic N) is 1. The molecule has 0 aliphatic heterocycles. The molecule has 0 amide bonds. The maximum atomic E-state index is 12.9. The summed E-state index contributed by atoms with van der Waals surface area (Å²) in [6.45, 7) is 2.05. The molecular weight excluding hydrogens is 534 g/mol. The topological polar surface area (TPSA) is 103 Å². The van der Waals surface area contributed by atoms with Gasteiger partial charge in [0.05, 0.1) is 28.8 Å². The van der Waals surface area contributed by atoms with Crippen molar-refractivity contribution in [3.63, 3.8) is 0 Å². The van der Waals surface area contributed by atoms with Crippen LogP contribution in [0.5, 0.6) is 11.5 Å². The number of ether oxygens (including phenoxy) is 2. The van der Waals surface area contributed by atoms with Crippen molar-refractivity contribution in [3.05, 3.63) is 73.6 Å². The third kappa shape index (κ3) is 6.97. The fourth-order valence-corrected chi connectivity index (χ4v) is 5.84. The van der Waals surface area contributed by atoms with Crippen LogP contribution in [0.25, 0.3) is 0 Å². The number of thiophene rings is 1. The fraction of sp³-hybridized carbons (Fsp3) is 0.308. The average Bonchev–Trinajstić information content (AvgIpc) is 3.16. The van der Waals surface area contributed by atoms with Crippen LogP contribution in [0.2, 0.25) is 5.02 Å². The number of carbonyl (C=O) groups is 1. The van der Waals surface area contributed by atoms with Crippen LogP contribution in [-0.4, -0.2) is 22.6 Å². The van der Waals surface area contributed by atoms with Crippen LogP contribution in [0.1, 0.15) is 53.4 Å². The lowest BCUT2D eigenvalue weighted by molar-refractivity contribution is -0.384. The average molecular weight is 560 g/mol. The number of thiocarbonyl (C=S) groups is 1. The molecule has 1 aromatic heterocycles. The first-order valence-electron chi connectivity index (χ1n) is 12.0. The summed E-state index contributed by atoms with van der Waals surface area (Å²) < 4.78 is 11.1. The molecule has 8 nitrogen and oxygen atoms in total. The Morgan fingerprint density at radius 1 is 1.08 bits per heavy atom. The van der Waals surface area contributed by atoms with E-state index in [2.05, 4.69) is 10.6 Å². The molecule has 0 atom stereocenters. The minimum atomic E-state index is -0.505.